The van der Waals surface area contributed by atoms with Crippen LogP contribution < -0.4 is 9.64 Å². The first-order valence-electron chi connectivity index (χ1n) is 9.02. The molecule has 2 aromatic carbocycles. The summed E-state index contributed by atoms with van der Waals surface area (Å²) in [6, 6.07) is 13.1. The minimum absolute atomic E-state index is 0.00339. The number of hydrogen-bond acceptors (Lipinski definition) is 4. The zero-order valence-corrected chi connectivity index (χ0v) is 15.4. The van der Waals surface area contributed by atoms with Gasteiger partial charge in [-0.25, -0.2) is 4.39 Å². The maximum absolute atomic E-state index is 12.9. The Morgan fingerprint density at radius 2 is 1.93 bits per heavy atom. The van der Waals surface area contributed by atoms with E-state index in [1.807, 2.05) is 24.3 Å². The Bertz CT molecular complexity index is 807. The lowest BCUT2D eigenvalue weighted by Gasteiger charge is -2.34. The van der Waals surface area contributed by atoms with Crippen molar-refractivity contribution in [3.8, 4) is 5.75 Å². The Labute approximate surface area is 158 Å². The van der Waals surface area contributed by atoms with Gasteiger partial charge < -0.3 is 9.64 Å². The molecular formula is C21H23FN2O3. The van der Waals surface area contributed by atoms with Gasteiger partial charge in [-0.15, -0.1) is 0 Å². The molecule has 0 bridgehead atoms. The molecule has 1 saturated heterocycles. The molecule has 1 fully saturated rings. The molecule has 1 aliphatic heterocycles. The van der Waals surface area contributed by atoms with Crippen LogP contribution in [0.3, 0.4) is 0 Å². The van der Waals surface area contributed by atoms with Gasteiger partial charge in [0.1, 0.15) is 11.6 Å². The molecule has 0 saturated carbocycles. The van der Waals surface area contributed by atoms with Crippen molar-refractivity contribution in [2.75, 3.05) is 38.2 Å². The summed E-state index contributed by atoms with van der Waals surface area (Å²) in [5.41, 5.74) is 1.36. The van der Waals surface area contributed by atoms with Gasteiger partial charge in [-0.05, 0) is 49.4 Å². The third-order valence-electron chi connectivity index (χ3n) is 4.71. The molecule has 0 atom stereocenters. The molecule has 0 N–H and O–H groups in total. The van der Waals surface area contributed by atoms with E-state index in [0.29, 0.717) is 38.0 Å². The van der Waals surface area contributed by atoms with Crippen LogP contribution in [0.5, 0.6) is 5.75 Å². The van der Waals surface area contributed by atoms with Crippen LogP contribution in [0.15, 0.2) is 48.5 Å². The molecule has 6 heteroatoms. The first-order valence-corrected chi connectivity index (χ1v) is 9.02. The Kier molecular flexibility index (Phi) is 6.19. The smallest absolute Gasteiger partial charge is 0.241 e. The molecule has 0 radical (unpaired) electrons. The van der Waals surface area contributed by atoms with Gasteiger partial charge in [0.05, 0.1) is 13.7 Å². The monoisotopic (exact) mass is 370 g/mol. The van der Waals surface area contributed by atoms with E-state index in [1.165, 1.54) is 24.3 Å². The third kappa shape index (κ3) is 4.92. The summed E-state index contributed by atoms with van der Waals surface area (Å²) >= 11 is 0. The van der Waals surface area contributed by atoms with Crippen LogP contribution >= 0.6 is 0 Å². The van der Waals surface area contributed by atoms with E-state index in [9.17, 15) is 14.0 Å². The number of carbonyl (C=O) groups excluding carboxylic acids is 2. The van der Waals surface area contributed by atoms with Gasteiger partial charge >= 0.3 is 0 Å². The first-order chi connectivity index (χ1) is 13.1. The van der Waals surface area contributed by atoms with Crippen molar-refractivity contribution in [1.82, 2.24) is 4.90 Å². The van der Waals surface area contributed by atoms with Crippen LogP contribution in [0, 0.1) is 5.82 Å². The second-order valence-corrected chi connectivity index (χ2v) is 6.56. The average molecular weight is 370 g/mol. The highest BCUT2D eigenvalue weighted by Crippen LogP contribution is 2.22. The van der Waals surface area contributed by atoms with Gasteiger partial charge in [-0.1, -0.05) is 6.07 Å². The van der Waals surface area contributed by atoms with Crippen LogP contribution in [0.2, 0.25) is 0 Å². The van der Waals surface area contributed by atoms with Crippen molar-refractivity contribution >= 4 is 17.4 Å². The number of piperazine rings is 1. The first kappa shape index (κ1) is 19.0. The Hall–Kier alpha value is -2.73. The molecule has 0 spiro atoms. The second-order valence-electron chi connectivity index (χ2n) is 6.56. The highest BCUT2D eigenvalue weighted by Gasteiger charge is 2.25. The molecule has 5 nitrogen and oxygen atoms in total. The predicted octanol–water partition coefficient (Wildman–Crippen LogP) is 3.15. The quantitative estimate of drug-likeness (QED) is 0.703. The number of rotatable bonds is 7. The fraction of sp³-hybridized carbons (Fsp3) is 0.333. The number of carbonyl (C=O) groups is 2. The highest BCUT2D eigenvalue weighted by molar-refractivity contribution is 5.96. The molecule has 0 unspecified atom stereocenters. The lowest BCUT2D eigenvalue weighted by atomic mass is 10.1. The van der Waals surface area contributed by atoms with E-state index >= 15 is 0 Å². The van der Waals surface area contributed by atoms with E-state index in [1.54, 1.807) is 12.0 Å². The number of Topliss-reactive ketones (excluding diaryl/α,β-unsaturated/α-hetero) is 1. The van der Waals surface area contributed by atoms with E-state index in [0.717, 1.165) is 18.0 Å². The minimum atomic E-state index is -0.348. The molecule has 1 aliphatic rings. The van der Waals surface area contributed by atoms with Gasteiger partial charge in [-0.2, -0.15) is 0 Å². The number of benzene rings is 2. The molecule has 3 rings (SSSR count). The molecule has 1 amide bonds. The van der Waals surface area contributed by atoms with E-state index in [2.05, 4.69) is 4.90 Å². The number of nitrogens with zero attached hydrogens (tertiary/aromatic N) is 2. The van der Waals surface area contributed by atoms with Crippen molar-refractivity contribution in [3.05, 3.63) is 59.9 Å². The largest absolute Gasteiger partial charge is 0.497 e. The Balaban J connectivity index is 1.47. The van der Waals surface area contributed by atoms with E-state index in [-0.39, 0.29) is 17.5 Å². The van der Waals surface area contributed by atoms with Gasteiger partial charge in [0.15, 0.2) is 5.78 Å². The molecule has 2 aromatic rings. The van der Waals surface area contributed by atoms with Crippen molar-refractivity contribution in [1.29, 1.82) is 0 Å². The van der Waals surface area contributed by atoms with E-state index < -0.39 is 0 Å². The molecular weight excluding hydrogens is 347 g/mol. The Morgan fingerprint density at radius 3 is 2.63 bits per heavy atom. The number of ketones is 1. The summed E-state index contributed by atoms with van der Waals surface area (Å²) in [5.74, 6) is 0.414. The van der Waals surface area contributed by atoms with Crippen LogP contribution in [0.4, 0.5) is 10.1 Å². The second kappa shape index (κ2) is 8.77. The average Bonchev–Trinajstić information content (AvgIpc) is 2.68. The highest BCUT2D eigenvalue weighted by atomic mass is 19.1. The van der Waals surface area contributed by atoms with Crippen LogP contribution in [-0.4, -0.2) is 49.9 Å². The number of hydrogen-bond donors (Lipinski definition) is 0. The molecule has 142 valence electrons. The van der Waals surface area contributed by atoms with Crippen LogP contribution in [0.25, 0.3) is 0 Å². The van der Waals surface area contributed by atoms with Crippen molar-refractivity contribution in [2.45, 2.75) is 12.8 Å². The number of halogens is 1. The topological polar surface area (TPSA) is 49.9 Å². The van der Waals surface area contributed by atoms with Crippen LogP contribution in [-0.2, 0) is 4.79 Å². The zero-order chi connectivity index (χ0) is 19.2. The molecule has 27 heavy (non-hydrogen) atoms. The summed E-state index contributed by atoms with van der Waals surface area (Å²) in [6.45, 7) is 2.39. The van der Waals surface area contributed by atoms with Crippen molar-refractivity contribution < 1.29 is 18.7 Å². The number of methoxy groups -OCH3 is 1. The summed E-state index contributed by atoms with van der Waals surface area (Å²) < 4.78 is 18.1. The maximum atomic E-state index is 12.9. The zero-order valence-electron chi connectivity index (χ0n) is 15.4. The summed E-state index contributed by atoms with van der Waals surface area (Å²) in [7, 11) is 1.60. The maximum Gasteiger partial charge on any atom is 0.241 e. The third-order valence-corrected chi connectivity index (χ3v) is 4.71. The van der Waals surface area contributed by atoms with Gasteiger partial charge in [-0.3, -0.25) is 14.5 Å². The minimum Gasteiger partial charge on any atom is -0.497 e. The fourth-order valence-corrected chi connectivity index (χ4v) is 3.21. The Morgan fingerprint density at radius 1 is 1.15 bits per heavy atom. The number of amides is 1. The summed E-state index contributed by atoms with van der Waals surface area (Å²) in [6.07, 6.45) is 1.05. The van der Waals surface area contributed by atoms with Gasteiger partial charge in [0.2, 0.25) is 5.91 Å². The predicted molar refractivity (Wildman–Crippen MR) is 102 cm³/mol. The van der Waals surface area contributed by atoms with Crippen molar-refractivity contribution in [2.24, 2.45) is 0 Å². The van der Waals surface area contributed by atoms with E-state index in [4.69, 9.17) is 4.74 Å². The van der Waals surface area contributed by atoms with Gasteiger partial charge in [0, 0.05) is 36.8 Å². The lowest BCUT2D eigenvalue weighted by Crippen LogP contribution is -2.50. The standard InChI is InChI=1S/C21H23FN2O3/c1-27-19-5-2-4-18(14-19)24-13-12-23(15-21(24)26)11-3-6-20(25)16-7-9-17(22)10-8-16/h2,4-5,7-10,14H,3,6,11-13,15H2,1H3. The van der Waals surface area contributed by atoms with Gasteiger partial charge in [0.25, 0.3) is 0 Å². The fourth-order valence-electron chi connectivity index (χ4n) is 3.21. The lowest BCUT2D eigenvalue weighted by molar-refractivity contribution is -0.121. The molecule has 1 heterocycles. The number of anilines is 1. The normalized spacial score (nSPS) is 15.0. The molecule has 0 aromatic heterocycles. The van der Waals surface area contributed by atoms with Crippen LogP contribution in [0.1, 0.15) is 23.2 Å². The number of ether oxygens (including phenoxy) is 1. The molecule has 0 aliphatic carbocycles. The summed E-state index contributed by atoms with van der Waals surface area (Å²) in [5, 5.41) is 0. The summed E-state index contributed by atoms with van der Waals surface area (Å²) in [4.78, 5) is 28.5. The van der Waals surface area contributed by atoms with Crippen molar-refractivity contribution in [3.63, 3.8) is 0 Å². The SMILES string of the molecule is COc1cccc(N2CCN(CCCC(=O)c3ccc(F)cc3)CC2=O)c1.